The van der Waals surface area contributed by atoms with Crippen molar-refractivity contribution in [2.24, 2.45) is 11.8 Å². The molecule has 618 valence electrons. The maximum Gasteiger partial charge on any atom is 0.340 e. The molecule has 7 rings (SSSR count). The molecule has 0 amide bonds. The van der Waals surface area contributed by atoms with E-state index in [-0.39, 0.29) is 72.3 Å². The van der Waals surface area contributed by atoms with Gasteiger partial charge < -0.3 is 214 Å². The number of hydrogen-bond acceptors (Lipinski definition) is 45. The fraction of sp³-hybridized carbons (Fsp3) is 0.578. The highest BCUT2D eigenvalue weighted by molar-refractivity contribution is 5.88. The number of carboxylic acid groups (broad SMARTS) is 10. The van der Waals surface area contributed by atoms with Gasteiger partial charge in [-0.15, -0.1) is 0 Å². The Morgan fingerprint density at radius 3 is 1.29 bits per heavy atom. The van der Waals surface area contributed by atoms with Crippen LogP contribution in [-0.2, 0) is 86.0 Å². The lowest BCUT2D eigenvalue weighted by atomic mass is 9.87. The van der Waals surface area contributed by atoms with Crippen molar-refractivity contribution >= 4 is 77.9 Å². The molecule has 2 unspecified atom stereocenters. The second-order valence-electron chi connectivity index (χ2n) is 24.2. The van der Waals surface area contributed by atoms with Crippen molar-refractivity contribution in [2.45, 2.75) is 220 Å². The number of aliphatic hydroxyl groups excluding tert-OH is 15. The third kappa shape index (κ3) is 34.2. The molecule has 45 heteroatoms. The number of carbonyl (C=O) groups is 13. The van der Waals surface area contributed by atoms with Crippen molar-refractivity contribution in [1.29, 1.82) is 0 Å². The van der Waals surface area contributed by atoms with Gasteiger partial charge >= 0.3 is 11.9 Å². The number of aliphatic carboxylic acids is 10. The summed E-state index contributed by atoms with van der Waals surface area (Å²) in [6, 6.07) is 0. The summed E-state index contributed by atoms with van der Waals surface area (Å²) < 4.78 is 22.5. The van der Waals surface area contributed by atoms with Gasteiger partial charge in [-0.2, -0.15) is 0 Å². The maximum atomic E-state index is 10.7. The van der Waals surface area contributed by atoms with Crippen molar-refractivity contribution in [2.75, 3.05) is 0 Å². The first-order valence-electron chi connectivity index (χ1n) is 31.4. The van der Waals surface area contributed by atoms with Crippen LogP contribution in [0.2, 0.25) is 0 Å². The highest BCUT2D eigenvalue weighted by Crippen LogP contribution is 2.30. The second kappa shape index (κ2) is 46.7. The van der Waals surface area contributed by atoms with Crippen LogP contribution in [0.15, 0.2) is 83.4 Å². The molecule has 0 aromatic heterocycles. The van der Waals surface area contributed by atoms with E-state index in [2.05, 4.69) is 33.9 Å². The van der Waals surface area contributed by atoms with Gasteiger partial charge in [0.05, 0.1) is 96.9 Å². The Hall–Kier alpha value is -9.63. The van der Waals surface area contributed by atoms with Crippen LogP contribution in [0.1, 0.15) is 92.4 Å². The second-order valence-corrected chi connectivity index (χ2v) is 24.2. The number of aldehydes is 1. The van der Waals surface area contributed by atoms with Crippen molar-refractivity contribution in [3.63, 3.8) is 0 Å². The van der Waals surface area contributed by atoms with E-state index in [0.717, 1.165) is 6.08 Å². The lowest BCUT2D eigenvalue weighted by molar-refractivity contribution is -0.372. The molecule has 3 saturated heterocycles. The predicted octanol–water partition coefficient (Wildman–Crippen LogP) is -20.8. The number of carboxylic acids is 10. The van der Waals surface area contributed by atoms with Crippen LogP contribution < -0.4 is 51.1 Å². The zero-order chi connectivity index (χ0) is 85.5. The normalized spacial score (nSPS) is 31.7. The van der Waals surface area contributed by atoms with Gasteiger partial charge in [-0.3, -0.25) is 0 Å². The van der Waals surface area contributed by atoms with Crippen molar-refractivity contribution < 1.29 is 224 Å². The first-order chi connectivity index (χ1) is 49.9. The molecular weight excluding hydrogens is 1490 g/mol. The Balaban J connectivity index is 0. The largest absolute Gasteiger partial charge is 0.546 e. The van der Waals surface area contributed by atoms with E-state index in [1.165, 1.54) is 32.1 Å². The zero-order valence-corrected chi connectivity index (χ0v) is 58.0. The van der Waals surface area contributed by atoms with E-state index in [4.69, 9.17) is 70.8 Å². The number of carbonyl (C=O) groups excluding carboxylic acids is 13. The molecule has 0 saturated carbocycles. The van der Waals surface area contributed by atoms with Crippen molar-refractivity contribution in [3.8, 4) is 0 Å². The van der Waals surface area contributed by atoms with Crippen LogP contribution in [0.3, 0.4) is 0 Å². The molecule has 0 spiro atoms. The summed E-state index contributed by atoms with van der Waals surface area (Å²) in [4.78, 5) is 134. The lowest BCUT2D eigenvalue weighted by Gasteiger charge is -2.41. The summed E-state index contributed by atoms with van der Waals surface area (Å²) in [6.45, 7) is 16.9. The number of rotatable bonds is 17. The number of cyclic esters (lactones) is 2. The lowest BCUT2D eigenvalue weighted by Crippen LogP contribution is -2.61. The molecule has 0 aromatic carbocycles. The van der Waals surface area contributed by atoms with Crippen LogP contribution in [0.5, 0.6) is 0 Å². The van der Waals surface area contributed by atoms with Gasteiger partial charge in [0, 0.05) is 56.8 Å². The maximum absolute atomic E-state index is 10.7. The minimum atomic E-state index is -2.85. The molecule has 0 aromatic rings. The monoisotopic (exact) mass is 1570 g/mol. The molecular formula is C64H82O45-10. The minimum Gasteiger partial charge on any atom is -0.546 e. The minimum absolute atomic E-state index is 0.0264. The summed E-state index contributed by atoms with van der Waals surface area (Å²) in [5.74, 6) is -25.2. The van der Waals surface area contributed by atoms with Gasteiger partial charge in [0.25, 0.3) is 5.79 Å². The number of ether oxygens (including phenoxy) is 5. The van der Waals surface area contributed by atoms with Crippen LogP contribution >= 0.6 is 0 Å². The quantitative estimate of drug-likeness (QED) is 0.0278. The number of esters is 2. The summed E-state index contributed by atoms with van der Waals surface area (Å²) in [6.07, 6.45) is -19.6. The summed E-state index contributed by atoms with van der Waals surface area (Å²) in [5.41, 5.74) is -0.101. The number of hydrogen-bond donors (Lipinski definition) is 17. The molecule has 23 atom stereocenters. The Bertz CT molecular complexity index is 3260. The van der Waals surface area contributed by atoms with Gasteiger partial charge in [0.15, 0.2) is 18.5 Å². The van der Waals surface area contributed by atoms with Gasteiger partial charge in [-0.25, -0.2) is 9.59 Å². The van der Waals surface area contributed by atoms with Crippen LogP contribution in [0.25, 0.3) is 0 Å². The Morgan fingerprint density at radius 2 is 0.936 bits per heavy atom. The van der Waals surface area contributed by atoms with E-state index >= 15 is 0 Å². The highest BCUT2D eigenvalue weighted by atomic mass is 16.7. The van der Waals surface area contributed by atoms with E-state index < -0.39 is 229 Å². The third-order valence-corrected chi connectivity index (χ3v) is 15.3. The highest BCUT2D eigenvalue weighted by Gasteiger charge is 2.47. The fourth-order valence-corrected chi connectivity index (χ4v) is 8.91. The van der Waals surface area contributed by atoms with Crippen molar-refractivity contribution in [1.82, 2.24) is 0 Å². The Kier molecular flexibility index (Phi) is 43.4. The summed E-state index contributed by atoms with van der Waals surface area (Å²) in [7, 11) is 0. The van der Waals surface area contributed by atoms with E-state index in [1.54, 1.807) is 20.8 Å². The predicted molar refractivity (Wildman–Crippen MR) is 323 cm³/mol. The standard InChI is InChI=1S/C11H14O6.C10H12O6.C8H12O4.C7H12O6.C7H10O5.C6H8O7.C6H8O6.C5H10O3.C4H6O2/c1-5-3-7(11(15)16)4-8(9(5)12)17-6(2)10(13)14;1-5(9(12)13)16-8-4-6(10(14)15)2-3-7(8)11;1-4-2-5(8(11)12)3-6(9)7(4)10;1-3-5(9)4(8)2-7(12,13-3)6(10)11;8-4-1-3(7(11)12)2-5(9)6(4)10;7-2-1-6(12,5(10)11)13-4(9)3(2)8;7-2-1-3(5(9)10)12-6(11)4(2)8;1-2-4(7)5(8)3-6;1-3(2)4(5)6/h3,5,8-9,12H,2,4H2,1H3,(H,13,14)(H,15,16);2,7-8,11H,1,3-4H2,(H,12,13)(H,14,15);2,4,6-7,9-10H,3H2,1H3,(H,11,12);3-5,8-9,12H,2H2,1H3,(H,10,11);1,4-6,8-10H,2H2,(H,11,12);2-3,7-8,12H,1H2,(H,10,11);2-4,7-8H,1H2,(H,9,10);3-5,7-8H,2H2,1H3;1H2,2H3,(H,5,6)/p-10/t5-,8-,9-;7-,8-;4-,6-,7-;3?,4-,5+,7+;4-,5-,6-;2-,3-,6+;2-,3?,4-;4-,5+;/m11101001./s1. The van der Waals surface area contributed by atoms with Gasteiger partial charge in [-0.1, -0.05) is 58.7 Å². The summed E-state index contributed by atoms with van der Waals surface area (Å²) in [5, 5.41) is 257. The smallest absolute Gasteiger partial charge is 0.340 e. The molecule has 17 N–H and O–H groups in total. The molecule has 109 heavy (non-hydrogen) atoms. The fourth-order valence-electron chi connectivity index (χ4n) is 8.91. The molecule has 45 nitrogen and oxygen atoms in total. The van der Waals surface area contributed by atoms with Gasteiger partial charge in [0.1, 0.15) is 78.1 Å². The molecule has 0 bridgehead atoms. The molecule has 4 aliphatic carbocycles. The Morgan fingerprint density at radius 1 is 0.532 bits per heavy atom. The molecule has 3 aliphatic heterocycles. The van der Waals surface area contributed by atoms with Gasteiger partial charge in [0.2, 0.25) is 5.79 Å². The topological polar surface area (TPSA) is 843 Å². The first-order valence-corrected chi connectivity index (χ1v) is 31.4. The molecule has 3 fully saturated rings. The average molecular weight is 1570 g/mol. The third-order valence-electron chi connectivity index (χ3n) is 15.3. The SMILES string of the molecule is C=C(C)C(=O)[O-].C=C(O[C@@H]1CC(C(=O)[O-])=CC[C@H]1O)C(=O)[O-].C=C(O[C@@H]1CC(C(=O)[O-])=C[C@@H](C)[C@H]1O)C(=O)[O-].CC1O[C@@](O)(C(=O)[O-])C[C@H](O)[C@@H]1O.CC[C@@H](O)[C@@H](O)C=O.C[C@@H]1C=C(C(=O)[O-])C[C@@H](O)[C@@H]1O.O=C([O-])C1=C[C@@H](O)[C@@H](O)[C@H](O)C1.O=C([O-])C1C[C@H](O)[C@H](O)C(=O)O1.O=C1O[C@@](O)(C(=O)[O-])C[C@H](O)[C@@H]1O. The van der Waals surface area contributed by atoms with E-state index in [1.807, 2.05) is 0 Å². The van der Waals surface area contributed by atoms with Crippen LogP contribution in [0, 0.1) is 11.8 Å². The molecule has 7 aliphatic rings. The number of aliphatic hydroxyl groups is 17. The summed E-state index contributed by atoms with van der Waals surface area (Å²) >= 11 is 0. The Labute approximate surface area is 615 Å². The van der Waals surface area contributed by atoms with Crippen LogP contribution in [-0.4, -0.2) is 292 Å². The van der Waals surface area contributed by atoms with Crippen LogP contribution in [0.4, 0.5) is 0 Å². The molecule has 0 radical (unpaired) electrons. The van der Waals surface area contributed by atoms with Crippen molar-refractivity contribution in [3.05, 3.63) is 83.4 Å². The van der Waals surface area contributed by atoms with E-state index in [9.17, 15) is 139 Å². The average Bonchev–Trinajstić information content (AvgIpc) is 0.808. The molecule has 3 heterocycles. The van der Waals surface area contributed by atoms with Gasteiger partial charge in [-0.05, 0) is 60.6 Å². The first kappa shape index (κ1) is 101. The zero-order valence-electron chi connectivity index (χ0n) is 58.0. The van der Waals surface area contributed by atoms with E-state index in [0.29, 0.717) is 12.7 Å².